The zero-order valence-electron chi connectivity index (χ0n) is 11.9. The molecule has 1 spiro atoms. The van der Waals surface area contributed by atoms with Crippen molar-refractivity contribution in [2.24, 2.45) is 11.1 Å². The molecule has 1 amide bonds. The number of ether oxygens (including phenoxy) is 1. The predicted octanol–water partition coefficient (Wildman–Crippen LogP) is 1.56. The van der Waals surface area contributed by atoms with Gasteiger partial charge in [-0.2, -0.15) is 0 Å². The van der Waals surface area contributed by atoms with Gasteiger partial charge in [0.25, 0.3) is 0 Å². The van der Waals surface area contributed by atoms with Gasteiger partial charge in [-0.05, 0) is 45.8 Å². The summed E-state index contributed by atoms with van der Waals surface area (Å²) in [6.07, 6.45) is 1.81. The van der Waals surface area contributed by atoms with Gasteiger partial charge in [0.2, 0.25) is 0 Å². The van der Waals surface area contributed by atoms with E-state index in [4.69, 9.17) is 22.7 Å². The quantitative estimate of drug-likeness (QED) is 0.685. The Labute approximate surface area is 120 Å². The number of hydrogen-bond acceptors (Lipinski definition) is 3. The van der Waals surface area contributed by atoms with E-state index in [1.54, 1.807) is 4.90 Å². The van der Waals surface area contributed by atoms with Gasteiger partial charge in [-0.1, -0.05) is 0 Å². The Morgan fingerprint density at radius 1 is 1.21 bits per heavy atom. The Morgan fingerprint density at radius 3 is 2.16 bits per heavy atom. The Hall–Kier alpha value is -1.04. The van der Waals surface area contributed by atoms with E-state index < -0.39 is 5.60 Å². The first kappa shape index (κ1) is 14.4. The first-order valence-electron chi connectivity index (χ1n) is 6.73. The van der Waals surface area contributed by atoms with E-state index in [0.29, 0.717) is 10.5 Å². The fourth-order valence-electron chi connectivity index (χ4n) is 2.73. The second kappa shape index (κ2) is 4.81. The molecule has 2 aliphatic rings. The molecule has 0 atom stereocenters. The van der Waals surface area contributed by atoms with Crippen LogP contribution in [0.5, 0.6) is 0 Å². The Balaban J connectivity index is 1.81. The van der Waals surface area contributed by atoms with Crippen molar-refractivity contribution in [1.29, 1.82) is 0 Å². The Kier molecular flexibility index (Phi) is 3.64. The maximum absolute atomic E-state index is 12.0. The number of amides is 1. The van der Waals surface area contributed by atoms with E-state index in [-0.39, 0.29) is 6.09 Å². The predicted molar refractivity (Wildman–Crippen MR) is 77.8 cm³/mol. The maximum Gasteiger partial charge on any atom is 0.410 e. The standard InChI is InChI=1S/C13H23N3O2S/c1-12(2,3)18-11(17)15-6-4-13(5-7-15)8-16(9-13)10(14)19/h4-9H2,1-3H3,(H2,14,19). The number of rotatable bonds is 0. The SMILES string of the molecule is CC(C)(C)OC(=O)N1CCC2(CC1)CN(C(N)=S)C2. The molecule has 0 unspecified atom stereocenters. The van der Waals surface area contributed by atoms with Crippen LogP contribution in [0.2, 0.25) is 0 Å². The molecular weight excluding hydrogens is 262 g/mol. The summed E-state index contributed by atoms with van der Waals surface area (Å²) in [5.74, 6) is 0. The highest BCUT2D eigenvalue weighted by Crippen LogP contribution is 2.40. The van der Waals surface area contributed by atoms with Gasteiger partial charge in [0.15, 0.2) is 5.11 Å². The van der Waals surface area contributed by atoms with Gasteiger partial charge in [-0.15, -0.1) is 0 Å². The minimum Gasteiger partial charge on any atom is -0.444 e. The summed E-state index contributed by atoms with van der Waals surface area (Å²) in [6.45, 7) is 9.07. The summed E-state index contributed by atoms with van der Waals surface area (Å²) in [5, 5.41) is 0.486. The molecule has 5 nitrogen and oxygen atoms in total. The molecule has 2 aliphatic heterocycles. The highest BCUT2D eigenvalue weighted by atomic mass is 32.1. The number of hydrogen-bond donors (Lipinski definition) is 1. The highest BCUT2D eigenvalue weighted by Gasteiger charge is 2.46. The lowest BCUT2D eigenvalue weighted by Crippen LogP contribution is -2.63. The lowest BCUT2D eigenvalue weighted by molar-refractivity contribution is -0.0227. The molecule has 2 heterocycles. The molecule has 0 saturated carbocycles. The zero-order chi connectivity index (χ0) is 14.3. The average Bonchev–Trinajstić information content (AvgIpc) is 2.23. The van der Waals surface area contributed by atoms with Crippen LogP contribution in [0, 0.1) is 5.41 Å². The van der Waals surface area contributed by atoms with E-state index in [2.05, 4.69) is 0 Å². The van der Waals surface area contributed by atoms with Gasteiger partial charge in [-0.25, -0.2) is 4.79 Å². The van der Waals surface area contributed by atoms with Gasteiger partial charge < -0.3 is 20.3 Å². The molecule has 19 heavy (non-hydrogen) atoms. The van der Waals surface area contributed by atoms with Gasteiger partial charge in [0.05, 0.1) is 0 Å². The topological polar surface area (TPSA) is 58.8 Å². The van der Waals surface area contributed by atoms with E-state index >= 15 is 0 Å². The largest absolute Gasteiger partial charge is 0.444 e. The van der Waals surface area contributed by atoms with Crippen LogP contribution in [0.15, 0.2) is 0 Å². The third-order valence-corrected chi connectivity index (χ3v) is 4.10. The number of thiocarbonyl (C=S) groups is 1. The summed E-state index contributed by atoms with van der Waals surface area (Å²) < 4.78 is 5.39. The third-order valence-electron chi connectivity index (χ3n) is 3.84. The van der Waals surface area contributed by atoms with Gasteiger partial charge in [-0.3, -0.25) is 0 Å². The lowest BCUT2D eigenvalue weighted by atomic mass is 9.72. The fraction of sp³-hybridized carbons (Fsp3) is 0.846. The van der Waals surface area contributed by atoms with Gasteiger partial charge >= 0.3 is 6.09 Å². The van der Waals surface area contributed by atoms with Crippen molar-refractivity contribution in [2.75, 3.05) is 26.2 Å². The van der Waals surface area contributed by atoms with E-state index in [9.17, 15) is 4.79 Å². The van der Waals surface area contributed by atoms with Gasteiger partial charge in [0.1, 0.15) is 5.60 Å². The lowest BCUT2D eigenvalue weighted by Gasteiger charge is -2.54. The van der Waals surface area contributed by atoms with Crippen molar-refractivity contribution in [3.63, 3.8) is 0 Å². The van der Waals surface area contributed by atoms with Crippen LogP contribution in [0.25, 0.3) is 0 Å². The number of nitrogens with zero attached hydrogens (tertiary/aromatic N) is 2. The molecule has 0 aromatic rings. The molecule has 0 aromatic heterocycles. The summed E-state index contributed by atoms with van der Waals surface area (Å²) in [4.78, 5) is 15.8. The summed E-state index contributed by atoms with van der Waals surface area (Å²) in [6, 6.07) is 0. The molecule has 0 bridgehead atoms. The van der Waals surface area contributed by atoms with E-state index in [0.717, 1.165) is 39.0 Å². The normalized spacial score (nSPS) is 22.1. The minimum atomic E-state index is -0.425. The Morgan fingerprint density at radius 2 is 1.74 bits per heavy atom. The second-order valence-corrected chi connectivity index (χ2v) is 7.08. The van der Waals surface area contributed by atoms with Crippen LogP contribution in [0.3, 0.4) is 0 Å². The van der Waals surface area contributed by atoms with Crippen LogP contribution < -0.4 is 5.73 Å². The number of carbonyl (C=O) groups excluding carboxylic acids is 1. The average molecular weight is 285 g/mol. The molecule has 2 rings (SSSR count). The third kappa shape index (κ3) is 3.29. The zero-order valence-corrected chi connectivity index (χ0v) is 12.8. The van der Waals surface area contributed by atoms with Crippen molar-refractivity contribution in [2.45, 2.75) is 39.2 Å². The van der Waals surface area contributed by atoms with Gasteiger partial charge in [0, 0.05) is 31.6 Å². The number of carbonyl (C=O) groups is 1. The summed E-state index contributed by atoms with van der Waals surface area (Å²) >= 11 is 4.96. The molecule has 0 aromatic carbocycles. The molecular formula is C13H23N3O2S. The van der Waals surface area contributed by atoms with Crippen LogP contribution in [0.1, 0.15) is 33.6 Å². The number of piperidine rings is 1. The molecule has 2 fully saturated rings. The summed E-state index contributed by atoms with van der Waals surface area (Å²) in [7, 11) is 0. The number of nitrogens with two attached hydrogens (primary N) is 1. The van der Waals surface area contributed by atoms with Crippen molar-refractivity contribution < 1.29 is 9.53 Å². The van der Waals surface area contributed by atoms with Crippen molar-refractivity contribution >= 4 is 23.4 Å². The fourth-order valence-corrected chi connectivity index (χ4v) is 2.85. The highest BCUT2D eigenvalue weighted by molar-refractivity contribution is 7.80. The molecule has 0 radical (unpaired) electrons. The smallest absolute Gasteiger partial charge is 0.410 e. The van der Waals surface area contributed by atoms with Crippen LogP contribution in [-0.4, -0.2) is 52.8 Å². The van der Waals surface area contributed by atoms with Crippen LogP contribution >= 0.6 is 12.2 Å². The van der Waals surface area contributed by atoms with Crippen molar-refractivity contribution in [1.82, 2.24) is 9.80 Å². The van der Waals surface area contributed by atoms with E-state index in [1.165, 1.54) is 0 Å². The molecule has 2 N–H and O–H groups in total. The van der Waals surface area contributed by atoms with Crippen molar-refractivity contribution in [3.05, 3.63) is 0 Å². The first-order chi connectivity index (χ1) is 8.71. The monoisotopic (exact) mass is 285 g/mol. The maximum atomic E-state index is 12.0. The van der Waals surface area contributed by atoms with Crippen LogP contribution in [0.4, 0.5) is 4.79 Å². The van der Waals surface area contributed by atoms with Crippen molar-refractivity contribution in [3.8, 4) is 0 Å². The molecule has 2 saturated heterocycles. The van der Waals surface area contributed by atoms with E-state index in [1.807, 2.05) is 25.7 Å². The van der Waals surface area contributed by atoms with Crippen LogP contribution in [-0.2, 0) is 4.74 Å². The molecule has 6 heteroatoms. The second-order valence-electron chi connectivity index (χ2n) is 6.66. The minimum absolute atomic E-state index is 0.201. The molecule has 0 aliphatic carbocycles. The Bertz CT molecular complexity index is 376. The number of likely N-dealkylation sites (tertiary alicyclic amines) is 2. The molecule has 108 valence electrons. The first-order valence-corrected chi connectivity index (χ1v) is 7.14. The summed E-state index contributed by atoms with van der Waals surface area (Å²) in [5.41, 5.74) is 5.49.